The molecule has 9 heteroatoms. The van der Waals surface area contributed by atoms with Crippen LogP contribution in [0.4, 0.5) is 8.78 Å². The Morgan fingerprint density at radius 1 is 1.23 bits per heavy atom. The van der Waals surface area contributed by atoms with Crippen molar-refractivity contribution in [3.63, 3.8) is 0 Å². The Hall–Kier alpha value is -2.84. The normalized spacial score (nSPS) is 28.9. The number of hydrogen-bond donors (Lipinski definition) is 1. The smallest absolute Gasteiger partial charge is 0.286 e. The summed E-state index contributed by atoms with van der Waals surface area (Å²) in [6, 6.07) is 9.72. The molecule has 4 aliphatic rings. The molecule has 3 heterocycles. The molecule has 2 aromatic heterocycles. The SMILES string of the molecule is CC(F)(F)c1ccc(-c2cc(C34CC(CC(=O)[C@H]5C[C@@H](O)c6cc(Cl)ccc6O5)(C3)C4)no2)cn1. The standard InChI is InChI=1S/C26H23ClF2N2O4/c1-24(28,29)22-5-2-14(10-30-22)20-8-23(31-35-20)26-11-25(12-26,13-26)9-18(33)21-7-17(32)16-6-15(27)3-4-19(16)34-21/h2-6,8,10,17,21,32H,7,9,11-13H2,1H3/t17-,21-,25?,26?/m1/s1. The Labute approximate surface area is 205 Å². The number of rotatable bonds is 6. The van der Waals surface area contributed by atoms with Gasteiger partial charge in [0.1, 0.15) is 11.4 Å². The van der Waals surface area contributed by atoms with E-state index in [1.807, 2.05) is 6.07 Å². The third kappa shape index (κ3) is 3.74. The van der Waals surface area contributed by atoms with Crippen molar-refractivity contribution in [2.45, 2.75) is 62.6 Å². The molecule has 2 atom stereocenters. The number of benzene rings is 1. The molecule has 3 aromatic rings. The minimum absolute atomic E-state index is 0.00215. The van der Waals surface area contributed by atoms with Crippen molar-refractivity contribution in [3.8, 4) is 17.1 Å². The lowest BCUT2D eigenvalue weighted by Gasteiger charge is -2.70. The number of carbonyl (C=O) groups excluding carboxylic acids is 1. The molecule has 3 aliphatic carbocycles. The summed E-state index contributed by atoms with van der Waals surface area (Å²) in [4.78, 5) is 16.9. The first-order valence-electron chi connectivity index (χ1n) is 11.5. The number of aromatic nitrogens is 2. The van der Waals surface area contributed by atoms with E-state index in [1.54, 1.807) is 24.3 Å². The predicted molar refractivity (Wildman–Crippen MR) is 122 cm³/mol. The first kappa shape index (κ1) is 22.6. The summed E-state index contributed by atoms with van der Waals surface area (Å²) in [6.45, 7) is 0.808. The van der Waals surface area contributed by atoms with Crippen LogP contribution in [0.5, 0.6) is 5.75 Å². The molecule has 3 fully saturated rings. The second kappa shape index (κ2) is 7.58. The van der Waals surface area contributed by atoms with Crippen LogP contribution in [-0.4, -0.2) is 27.1 Å². The quantitative estimate of drug-likeness (QED) is 0.462. The molecule has 2 bridgehead atoms. The van der Waals surface area contributed by atoms with Crippen LogP contribution >= 0.6 is 11.6 Å². The monoisotopic (exact) mass is 500 g/mol. The number of hydrogen-bond acceptors (Lipinski definition) is 6. The lowest BCUT2D eigenvalue weighted by atomic mass is 9.33. The van der Waals surface area contributed by atoms with Crippen molar-refractivity contribution in [1.82, 2.24) is 10.1 Å². The first-order valence-corrected chi connectivity index (χ1v) is 11.9. The maximum Gasteiger partial charge on any atom is 0.286 e. The number of pyridine rings is 1. The Morgan fingerprint density at radius 3 is 2.69 bits per heavy atom. The highest BCUT2D eigenvalue weighted by Gasteiger charge is 2.70. The molecule has 6 nitrogen and oxygen atoms in total. The number of nitrogens with zero attached hydrogens (tertiary/aromatic N) is 2. The first-order chi connectivity index (χ1) is 16.6. The van der Waals surface area contributed by atoms with E-state index >= 15 is 0 Å². The van der Waals surface area contributed by atoms with E-state index < -0.39 is 18.1 Å². The molecule has 0 unspecified atom stereocenters. The zero-order valence-corrected chi connectivity index (χ0v) is 19.7. The summed E-state index contributed by atoms with van der Waals surface area (Å²) in [6.07, 6.45) is 3.02. The molecular formula is C26H23ClF2N2O4. The zero-order chi connectivity index (χ0) is 24.6. The average Bonchev–Trinajstić information content (AvgIpc) is 3.25. The molecule has 35 heavy (non-hydrogen) atoms. The molecule has 3 saturated carbocycles. The van der Waals surface area contributed by atoms with Gasteiger partial charge >= 0.3 is 0 Å². The van der Waals surface area contributed by atoms with Gasteiger partial charge in [-0.25, -0.2) is 0 Å². The highest BCUT2D eigenvalue weighted by molar-refractivity contribution is 6.30. The fraction of sp³-hybridized carbons (Fsp3) is 0.423. The van der Waals surface area contributed by atoms with E-state index in [4.69, 9.17) is 20.9 Å². The second-order valence-corrected chi connectivity index (χ2v) is 10.8. The number of Topliss-reactive ketones (excluding diaryl/α,β-unsaturated/α-hetero) is 1. The topological polar surface area (TPSA) is 85.5 Å². The molecule has 1 N–H and O–H groups in total. The Bertz CT molecular complexity index is 1300. The van der Waals surface area contributed by atoms with Crippen LogP contribution in [0, 0.1) is 5.41 Å². The number of fused-ring (bicyclic) bond motifs is 1. The maximum atomic E-state index is 13.4. The minimum atomic E-state index is -3.00. The summed E-state index contributed by atoms with van der Waals surface area (Å²) < 4.78 is 38.2. The number of alkyl halides is 2. The summed E-state index contributed by atoms with van der Waals surface area (Å²) in [5.41, 5.74) is 1.54. The van der Waals surface area contributed by atoms with E-state index in [-0.39, 0.29) is 28.7 Å². The molecule has 0 radical (unpaired) electrons. The van der Waals surface area contributed by atoms with Crippen molar-refractivity contribution >= 4 is 17.4 Å². The van der Waals surface area contributed by atoms with Crippen LogP contribution in [-0.2, 0) is 16.1 Å². The summed E-state index contributed by atoms with van der Waals surface area (Å²) in [5, 5.41) is 15.2. The molecule has 182 valence electrons. The van der Waals surface area contributed by atoms with Gasteiger partial charge in [0.15, 0.2) is 17.6 Å². The Morgan fingerprint density at radius 2 is 2.00 bits per heavy atom. The lowest BCUT2D eigenvalue weighted by Crippen LogP contribution is -2.65. The maximum absolute atomic E-state index is 13.4. The van der Waals surface area contributed by atoms with Gasteiger partial charge in [-0.15, -0.1) is 0 Å². The number of halogens is 3. The van der Waals surface area contributed by atoms with Gasteiger partial charge in [-0.1, -0.05) is 16.8 Å². The van der Waals surface area contributed by atoms with Crippen LogP contribution in [0.2, 0.25) is 5.02 Å². The average molecular weight is 501 g/mol. The van der Waals surface area contributed by atoms with E-state index in [0.29, 0.717) is 34.1 Å². The fourth-order valence-electron chi connectivity index (χ4n) is 6.02. The molecule has 1 aliphatic heterocycles. The Kier molecular flexibility index (Phi) is 4.90. The van der Waals surface area contributed by atoms with E-state index in [0.717, 1.165) is 31.9 Å². The lowest BCUT2D eigenvalue weighted by molar-refractivity contribution is -0.165. The second-order valence-electron chi connectivity index (χ2n) is 10.4. The number of aliphatic hydroxyl groups is 1. The largest absolute Gasteiger partial charge is 0.482 e. The van der Waals surface area contributed by atoms with Gasteiger partial charge in [0, 0.05) is 53.6 Å². The molecule has 7 rings (SSSR count). The predicted octanol–water partition coefficient (Wildman–Crippen LogP) is 5.77. The summed E-state index contributed by atoms with van der Waals surface area (Å²) in [7, 11) is 0. The third-order valence-electron chi connectivity index (χ3n) is 7.64. The van der Waals surface area contributed by atoms with E-state index in [9.17, 15) is 18.7 Å². The number of carbonyl (C=O) groups is 1. The van der Waals surface area contributed by atoms with Crippen molar-refractivity contribution in [1.29, 1.82) is 0 Å². The molecule has 0 spiro atoms. The molecule has 0 amide bonds. The zero-order valence-electron chi connectivity index (χ0n) is 18.9. The van der Waals surface area contributed by atoms with Gasteiger partial charge in [0.05, 0.1) is 11.8 Å². The van der Waals surface area contributed by atoms with Gasteiger partial charge in [-0.05, 0) is 55.0 Å². The van der Waals surface area contributed by atoms with Crippen LogP contribution < -0.4 is 4.74 Å². The van der Waals surface area contributed by atoms with Gasteiger partial charge < -0.3 is 14.4 Å². The van der Waals surface area contributed by atoms with E-state index in [1.165, 1.54) is 12.3 Å². The molecule has 0 saturated heterocycles. The molecule has 1 aromatic carbocycles. The summed E-state index contributed by atoms with van der Waals surface area (Å²) >= 11 is 6.01. The van der Waals surface area contributed by atoms with Crippen molar-refractivity contribution in [3.05, 3.63) is 64.6 Å². The van der Waals surface area contributed by atoms with Crippen LogP contribution in [0.3, 0.4) is 0 Å². The van der Waals surface area contributed by atoms with Gasteiger partial charge in [0.2, 0.25) is 0 Å². The van der Waals surface area contributed by atoms with Crippen LogP contribution in [0.1, 0.15) is 62.1 Å². The van der Waals surface area contributed by atoms with Crippen LogP contribution in [0.15, 0.2) is 47.1 Å². The van der Waals surface area contributed by atoms with Gasteiger partial charge in [-0.3, -0.25) is 9.78 Å². The van der Waals surface area contributed by atoms with Crippen molar-refractivity contribution in [2.75, 3.05) is 0 Å². The fourth-order valence-corrected chi connectivity index (χ4v) is 6.20. The minimum Gasteiger partial charge on any atom is -0.482 e. The number of ether oxygens (including phenoxy) is 1. The Balaban J connectivity index is 1.09. The third-order valence-corrected chi connectivity index (χ3v) is 7.87. The number of aliphatic hydroxyl groups excluding tert-OH is 1. The van der Waals surface area contributed by atoms with Gasteiger partial charge in [-0.2, -0.15) is 8.78 Å². The van der Waals surface area contributed by atoms with Crippen LogP contribution in [0.25, 0.3) is 11.3 Å². The summed E-state index contributed by atoms with van der Waals surface area (Å²) in [5.74, 6) is -2.02. The van der Waals surface area contributed by atoms with E-state index in [2.05, 4.69) is 10.1 Å². The highest BCUT2D eigenvalue weighted by Crippen LogP contribution is 2.75. The number of ketones is 1. The van der Waals surface area contributed by atoms with Crippen molar-refractivity contribution in [2.24, 2.45) is 5.41 Å². The van der Waals surface area contributed by atoms with Crippen molar-refractivity contribution < 1.29 is 27.9 Å². The van der Waals surface area contributed by atoms with Gasteiger partial charge in [0.25, 0.3) is 5.92 Å². The molecular weight excluding hydrogens is 478 g/mol. The highest BCUT2D eigenvalue weighted by atomic mass is 35.5.